The Morgan fingerprint density at radius 3 is 2.50 bits per heavy atom. The highest BCUT2D eigenvalue weighted by Gasteiger charge is 1.89. The first-order chi connectivity index (χ1) is 7.86. The summed E-state index contributed by atoms with van der Waals surface area (Å²) in [5.41, 5.74) is 0.894. The van der Waals surface area contributed by atoms with Crippen molar-refractivity contribution in [3.05, 3.63) is 54.3 Å². The van der Waals surface area contributed by atoms with E-state index in [1.807, 2.05) is 12.3 Å². The van der Waals surface area contributed by atoms with E-state index in [9.17, 15) is 0 Å². The van der Waals surface area contributed by atoms with Crippen molar-refractivity contribution in [2.24, 2.45) is 0 Å². The standard InChI is InChI=1S/C6H5N3.C5H4ClN/c1-2-8-6-5(1)3-7-4-9-6;6-5-1-3-7-4-2-5/h1-4H,(H,7,8,9);1-4H. The molecule has 0 saturated carbocycles. The average molecular weight is 233 g/mol. The Morgan fingerprint density at radius 1 is 1.06 bits per heavy atom. The quantitative estimate of drug-likeness (QED) is 0.648. The fourth-order valence-corrected chi connectivity index (χ4v) is 1.24. The van der Waals surface area contributed by atoms with E-state index in [0.717, 1.165) is 16.1 Å². The number of H-pyrrole nitrogens is 1. The molecule has 3 aromatic rings. The number of aromatic nitrogens is 4. The van der Waals surface area contributed by atoms with Gasteiger partial charge in [-0.3, -0.25) is 4.98 Å². The number of rotatable bonds is 0. The number of pyridine rings is 1. The molecule has 5 heteroatoms. The van der Waals surface area contributed by atoms with Crippen LogP contribution in [0.4, 0.5) is 0 Å². The molecule has 0 fully saturated rings. The van der Waals surface area contributed by atoms with Crippen LogP contribution < -0.4 is 0 Å². The van der Waals surface area contributed by atoms with Crippen LogP contribution >= 0.6 is 11.6 Å². The molecule has 3 aromatic heterocycles. The normalized spacial score (nSPS) is 9.56. The van der Waals surface area contributed by atoms with Gasteiger partial charge >= 0.3 is 0 Å². The van der Waals surface area contributed by atoms with Crippen molar-refractivity contribution in [2.75, 3.05) is 0 Å². The number of hydrogen-bond acceptors (Lipinski definition) is 3. The van der Waals surface area contributed by atoms with Gasteiger partial charge in [0.05, 0.1) is 0 Å². The van der Waals surface area contributed by atoms with Crippen molar-refractivity contribution in [3.63, 3.8) is 0 Å². The maximum Gasteiger partial charge on any atom is 0.140 e. The molecule has 0 radical (unpaired) electrons. The molecule has 0 aliphatic carbocycles. The van der Waals surface area contributed by atoms with Crippen molar-refractivity contribution >= 4 is 22.6 Å². The van der Waals surface area contributed by atoms with Gasteiger partial charge in [0, 0.05) is 35.2 Å². The molecule has 0 bridgehead atoms. The molecule has 3 heterocycles. The van der Waals surface area contributed by atoms with Gasteiger partial charge in [-0.25, -0.2) is 9.97 Å². The van der Waals surface area contributed by atoms with Crippen LogP contribution in [0.1, 0.15) is 0 Å². The minimum absolute atomic E-state index is 0.731. The van der Waals surface area contributed by atoms with Crippen LogP contribution in [0.25, 0.3) is 11.0 Å². The fourth-order valence-electron chi connectivity index (χ4n) is 1.13. The van der Waals surface area contributed by atoms with Crippen LogP contribution in [-0.4, -0.2) is 19.9 Å². The van der Waals surface area contributed by atoms with Gasteiger partial charge < -0.3 is 4.98 Å². The van der Waals surface area contributed by atoms with Crippen molar-refractivity contribution in [2.45, 2.75) is 0 Å². The van der Waals surface area contributed by atoms with E-state index in [-0.39, 0.29) is 0 Å². The molecule has 0 amide bonds. The monoisotopic (exact) mass is 232 g/mol. The lowest BCUT2D eigenvalue weighted by molar-refractivity contribution is 1.20. The van der Waals surface area contributed by atoms with Crippen molar-refractivity contribution < 1.29 is 0 Å². The molecular weight excluding hydrogens is 224 g/mol. The SMILES string of the molecule is Clc1ccncc1.c1ncc2cc[nH]c2n1. The summed E-state index contributed by atoms with van der Waals surface area (Å²) in [4.78, 5) is 14.6. The van der Waals surface area contributed by atoms with Crippen LogP contribution in [-0.2, 0) is 0 Å². The van der Waals surface area contributed by atoms with Crippen molar-refractivity contribution in [3.8, 4) is 0 Å². The minimum Gasteiger partial charge on any atom is -0.346 e. The Labute approximate surface area is 97.3 Å². The van der Waals surface area contributed by atoms with Gasteiger partial charge in [0.2, 0.25) is 0 Å². The summed E-state index contributed by atoms with van der Waals surface area (Å²) >= 11 is 5.50. The zero-order chi connectivity index (χ0) is 11.2. The lowest BCUT2D eigenvalue weighted by atomic mass is 10.4. The van der Waals surface area contributed by atoms with E-state index < -0.39 is 0 Å². The fraction of sp³-hybridized carbons (Fsp3) is 0. The summed E-state index contributed by atoms with van der Waals surface area (Å²) in [5.74, 6) is 0. The Morgan fingerprint density at radius 2 is 1.88 bits per heavy atom. The lowest BCUT2D eigenvalue weighted by Gasteiger charge is -1.81. The smallest absolute Gasteiger partial charge is 0.140 e. The summed E-state index contributed by atoms with van der Waals surface area (Å²) in [7, 11) is 0. The molecule has 0 aliphatic heterocycles. The summed E-state index contributed by atoms with van der Waals surface area (Å²) in [5, 5.41) is 1.78. The molecule has 0 atom stereocenters. The molecule has 0 unspecified atom stereocenters. The van der Waals surface area contributed by atoms with E-state index >= 15 is 0 Å². The molecule has 0 aliphatic rings. The summed E-state index contributed by atoms with van der Waals surface area (Å²) in [6.07, 6.45) is 8.46. The molecule has 1 N–H and O–H groups in total. The second kappa shape index (κ2) is 5.23. The molecule has 3 rings (SSSR count). The number of hydrogen-bond donors (Lipinski definition) is 1. The van der Waals surface area contributed by atoms with Gasteiger partial charge in [-0.2, -0.15) is 0 Å². The Bertz CT molecular complexity index is 520. The van der Waals surface area contributed by atoms with Gasteiger partial charge in [0.15, 0.2) is 0 Å². The van der Waals surface area contributed by atoms with Crippen LogP contribution in [0.15, 0.2) is 49.3 Å². The molecular formula is C11H9ClN4. The number of fused-ring (bicyclic) bond motifs is 1. The van der Waals surface area contributed by atoms with Crippen LogP contribution in [0.2, 0.25) is 5.02 Å². The second-order valence-corrected chi connectivity index (χ2v) is 3.41. The molecule has 4 nitrogen and oxygen atoms in total. The predicted octanol–water partition coefficient (Wildman–Crippen LogP) is 2.69. The van der Waals surface area contributed by atoms with E-state index in [2.05, 4.69) is 19.9 Å². The van der Waals surface area contributed by atoms with E-state index in [1.165, 1.54) is 6.33 Å². The number of nitrogens with zero attached hydrogens (tertiary/aromatic N) is 3. The minimum atomic E-state index is 0.731. The number of aromatic amines is 1. The van der Waals surface area contributed by atoms with Gasteiger partial charge in [-0.1, -0.05) is 11.6 Å². The summed E-state index contributed by atoms with van der Waals surface area (Å²) in [6, 6.07) is 5.42. The highest BCUT2D eigenvalue weighted by molar-refractivity contribution is 6.30. The number of halogens is 1. The Balaban J connectivity index is 0.000000125. The molecule has 16 heavy (non-hydrogen) atoms. The largest absolute Gasteiger partial charge is 0.346 e. The maximum absolute atomic E-state index is 5.50. The van der Waals surface area contributed by atoms with Crippen molar-refractivity contribution in [1.29, 1.82) is 0 Å². The molecule has 0 aromatic carbocycles. The molecule has 80 valence electrons. The highest BCUT2D eigenvalue weighted by Crippen LogP contribution is 2.04. The van der Waals surface area contributed by atoms with Gasteiger partial charge in [0.25, 0.3) is 0 Å². The topological polar surface area (TPSA) is 54.5 Å². The molecule has 0 saturated heterocycles. The average Bonchev–Trinajstić information content (AvgIpc) is 2.79. The van der Waals surface area contributed by atoms with Gasteiger partial charge in [0.1, 0.15) is 12.0 Å². The Hall–Kier alpha value is -1.94. The van der Waals surface area contributed by atoms with E-state index in [0.29, 0.717) is 0 Å². The van der Waals surface area contributed by atoms with E-state index in [4.69, 9.17) is 11.6 Å². The summed E-state index contributed by atoms with van der Waals surface area (Å²) < 4.78 is 0. The number of nitrogens with one attached hydrogen (secondary N) is 1. The second-order valence-electron chi connectivity index (χ2n) is 2.97. The first-order valence-electron chi connectivity index (χ1n) is 4.65. The van der Waals surface area contributed by atoms with Crippen LogP contribution in [0, 0.1) is 0 Å². The van der Waals surface area contributed by atoms with Crippen LogP contribution in [0.3, 0.4) is 0 Å². The summed E-state index contributed by atoms with van der Waals surface area (Å²) in [6.45, 7) is 0. The predicted molar refractivity (Wildman–Crippen MR) is 63.1 cm³/mol. The third-order valence-electron chi connectivity index (χ3n) is 1.86. The third kappa shape index (κ3) is 2.77. The van der Waals surface area contributed by atoms with E-state index in [1.54, 1.807) is 30.7 Å². The zero-order valence-electron chi connectivity index (χ0n) is 8.34. The highest BCUT2D eigenvalue weighted by atomic mass is 35.5. The van der Waals surface area contributed by atoms with Crippen LogP contribution in [0.5, 0.6) is 0 Å². The Kier molecular flexibility index (Phi) is 3.46. The maximum atomic E-state index is 5.50. The molecule has 0 spiro atoms. The van der Waals surface area contributed by atoms with Gasteiger partial charge in [-0.05, 0) is 18.2 Å². The zero-order valence-corrected chi connectivity index (χ0v) is 9.09. The van der Waals surface area contributed by atoms with Crippen molar-refractivity contribution in [1.82, 2.24) is 19.9 Å². The van der Waals surface area contributed by atoms with Gasteiger partial charge in [-0.15, -0.1) is 0 Å². The first kappa shape index (κ1) is 10.6. The first-order valence-corrected chi connectivity index (χ1v) is 5.02. The lowest BCUT2D eigenvalue weighted by Crippen LogP contribution is -1.75. The third-order valence-corrected chi connectivity index (χ3v) is 2.12.